The Bertz CT molecular complexity index is 1310. The second-order valence-corrected chi connectivity index (χ2v) is 9.45. The Morgan fingerprint density at radius 2 is 1.52 bits per heavy atom. The van der Waals surface area contributed by atoms with E-state index in [9.17, 15) is 35.9 Å². The molecule has 0 saturated heterocycles. The molecular formula is C28H25ClF6N2O3. The molecule has 0 fully saturated rings. The SMILES string of the molecule is COc1cccc(NC(=O)CCC(Cc2ccc(Cl)cc2)N(C)C(=O)c2cc(C(F)(F)F)cc(C(F)(F)F)c2)c1. The molecule has 0 heterocycles. The molecule has 40 heavy (non-hydrogen) atoms. The molecule has 3 aromatic rings. The van der Waals surface area contributed by atoms with E-state index >= 15 is 0 Å². The monoisotopic (exact) mass is 586 g/mol. The van der Waals surface area contributed by atoms with Crippen molar-refractivity contribution >= 4 is 29.1 Å². The molecule has 2 amide bonds. The lowest BCUT2D eigenvalue weighted by Crippen LogP contribution is -2.39. The zero-order chi connectivity index (χ0) is 29.7. The summed E-state index contributed by atoms with van der Waals surface area (Å²) in [5, 5.41) is 3.15. The van der Waals surface area contributed by atoms with E-state index in [0.717, 1.165) is 4.90 Å². The molecule has 0 aliphatic carbocycles. The highest BCUT2D eigenvalue weighted by atomic mass is 35.5. The van der Waals surface area contributed by atoms with Crippen LogP contribution in [0.2, 0.25) is 5.02 Å². The zero-order valence-electron chi connectivity index (χ0n) is 21.4. The first kappa shape index (κ1) is 30.8. The fourth-order valence-corrected chi connectivity index (χ4v) is 4.12. The van der Waals surface area contributed by atoms with Gasteiger partial charge in [0.2, 0.25) is 5.91 Å². The summed E-state index contributed by atoms with van der Waals surface area (Å²) in [5.74, 6) is -0.944. The number of methoxy groups -OCH3 is 1. The van der Waals surface area contributed by atoms with Gasteiger partial charge in [-0.2, -0.15) is 26.3 Å². The van der Waals surface area contributed by atoms with Gasteiger partial charge >= 0.3 is 12.4 Å². The maximum absolute atomic E-state index is 13.4. The normalized spacial score (nSPS) is 12.5. The number of amides is 2. The van der Waals surface area contributed by atoms with Crippen molar-refractivity contribution in [2.75, 3.05) is 19.5 Å². The predicted molar refractivity (Wildman–Crippen MR) is 138 cm³/mol. The van der Waals surface area contributed by atoms with Gasteiger partial charge in [0.05, 0.1) is 18.2 Å². The Balaban J connectivity index is 1.87. The number of anilines is 1. The lowest BCUT2D eigenvalue weighted by atomic mass is 9.98. The minimum atomic E-state index is -5.10. The number of ether oxygens (including phenoxy) is 1. The minimum absolute atomic E-state index is 0.0368. The van der Waals surface area contributed by atoms with Crippen LogP contribution >= 0.6 is 11.6 Å². The third-order valence-electron chi connectivity index (χ3n) is 6.15. The van der Waals surface area contributed by atoms with E-state index in [1.165, 1.54) is 14.2 Å². The third-order valence-corrected chi connectivity index (χ3v) is 6.40. The van der Waals surface area contributed by atoms with Crippen molar-refractivity contribution < 1.29 is 40.7 Å². The second kappa shape index (κ2) is 12.6. The summed E-state index contributed by atoms with van der Waals surface area (Å²) in [7, 11) is 2.74. The maximum atomic E-state index is 13.4. The van der Waals surface area contributed by atoms with E-state index in [1.807, 2.05) is 0 Å². The van der Waals surface area contributed by atoms with Gasteiger partial charge in [-0.15, -0.1) is 0 Å². The average Bonchev–Trinajstić information content (AvgIpc) is 2.90. The lowest BCUT2D eigenvalue weighted by Gasteiger charge is -2.29. The Morgan fingerprint density at radius 3 is 2.08 bits per heavy atom. The van der Waals surface area contributed by atoms with Gasteiger partial charge in [0, 0.05) is 41.9 Å². The molecule has 0 aliphatic heterocycles. The summed E-state index contributed by atoms with van der Waals surface area (Å²) in [6.45, 7) is 0. The van der Waals surface area contributed by atoms with Gasteiger partial charge in [-0.25, -0.2) is 0 Å². The number of hydrogen-bond acceptors (Lipinski definition) is 3. The van der Waals surface area contributed by atoms with Crippen LogP contribution in [-0.2, 0) is 23.6 Å². The average molecular weight is 587 g/mol. The molecule has 12 heteroatoms. The Hall–Kier alpha value is -3.73. The number of likely N-dealkylation sites (N-methyl/N-ethyl adjacent to an activating group) is 1. The Labute approximate surface area is 231 Å². The number of nitrogens with one attached hydrogen (secondary N) is 1. The van der Waals surface area contributed by atoms with Crippen molar-refractivity contribution in [1.29, 1.82) is 0 Å². The van der Waals surface area contributed by atoms with Crippen LogP contribution in [0.1, 0.15) is 39.9 Å². The summed E-state index contributed by atoms with van der Waals surface area (Å²) in [4.78, 5) is 27.0. The number of alkyl halides is 6. The molecular weight excluding hydrogens is 562 g/mol. The fraction of sp³-hybridized carbons (Fsp3) is 0.286. The summed E-state index contributed by atoms with van der Waals surface area (Å²) in [6, 6.07) is 13.2. The number of carbonyl (C=O) groups is 2. The first-order valence-corrected chi connectivity index (χ1v) is 12.3. The number of nitrogens with zero attached hydrogens (tertiary/aromatic N) is 1. The van der Waals surface area contributed by atoms with Crippen molar-refractivity contribution in [2.24, 2.45) is 0 Å². The van der Waals surface area contributed by atoms with Crippen LogP contribution < -0.4 is 10.1 Å². The summed E-state index contributed by atoms with van der Waals surface area (Å²) in [6.07, 6.45) is -10.1. The van der Waals surface area contributed by atoms with Crippen molar-refractivity contribution in [3.8, 4) is 5.75 Å². The lowest BCUT2D eigenvalue weighted by molar-refractivity contribution is -0.143. The van der Waals surface area contributed by atoms with E-state index < -0.39 is 46.9 Å². The van der Waals surface area contributed by atoms with Crippen LogP contribution in [0.4, 0.5) is 32.0 Å². The minimum Gasteiger partial charge on any atom is -0.497 e. The number of benzene rings is 3. The number of halogens is 7. The van der Waals surface area contributed by atoms with Gasteiger partial charge in [-0.05, 0) is 60.9 Å². The first-order chi connectivity index (χ1) is 18.7. The topological polar surface area (TPSA) is 58.6 Å². The molecule has 0 aromatic heterocycles. The maximum Gasteiger partial charge on any atom is 0.416 e. The molecule has 3 rings (SSSR count). The van der Waals surface area contributed by atoms with Gasteiger partial charge in [-0.3, -0.25) is 9.59 Å². The molecule has 0 bridgehead atoms. The number of carbonyl (C=O) groups excluding carboxylic acids is 2. The van der Waals surface area contributed by atoms with Crippen molar-refractivity contribution in [1.82, 2.24) is 4.90 Å². The molecule has 5 nitrogen and oxygen atoms in total. The summed E-state index contributed by atoms with van der Waals surface area (Å²) in [5.41, 5.74) is -2.79. The molecule has 3 aromatic carbocycles. The summed E-state index contributed by atoms with van der Waals surface area (Å²) < 4.78 is 85.3. The van der Waals surface area contributed by atoms with Gasteiger partial charge in [0.1, 0.15) is 5.75 Å². The molecule has 1 unspecified atom stereocenters. The fourth-order valence-electron chi connectivity index (χ4n) is 4.00. The van der Waals surface area contributed by atoms with Gasteiger partial charge < -0.3 is 15.0 Å². The van der Waals surface area contributed by atoms with Crippen molar-refractivity contribution in [2.45, 2.75) is 37.7 Å². The molecule has 0 radical (unpaired) electrons. The van der Waals surface area contributed by atoms with E-state index in [2.05, 4.69) is 5.32 Å². The smallest absolute Gasteiger partial charge is 0.416 e. The quantitative estimate of drug-likeness (QED) is 0.264. The molecule has 0 saturated carbocycles. The van der Waals surface area contributed by atoms with Crippen LogP contribution in [0.5, 0.6) is 5.75 Å². The highest BCUT2D eigenvalue weighted by Crippen LogP contribution is 2.36. The molecule has 1 atom stereocenters. The van der Waals surface area contributed by atoms with Gasteiger partial charge in [0.25, 0.3) is 5.91 Å². The third kappa shape index (κ3) is 8.38. The van der Waals surface area contributed by atoms with Crippen LogP contribution in [0, 0.1) is 0 Å². The van der Waals surface area contributed by atoms with E-state index in [-0.39, 0.29) is 25.3 Å². The van der Waals surface area contributed by atoms with Crippen LogP contribution in [0.3, 0.4) is 0 Å². The highest BCUT2D eigenvalue weighted by molar-refractivity contribution is 6.30. The largest absolute Gasteiger partial charge is 0.497 e. The second-order valence-electron chi connectivity index (χ2n) is 9.01. The van der Waals surface area contributed by atoms with Crippen molar-refractivity contribution in [3.05, 3.63) is 94.0 Å². The van der Waals surface area contributed by atoms with Crippen LogP contribution in [0.25, 0.3) is 0 Å². The van der Waals surface area contributed by atoms with Gasteiger partial charge in [-0.1, -0.05) is 29.8 Å². The van der Waals surface area contributed by atoms with Crippen molar-refractivity contribution in [3.63, 3.8) is 0 Å². The standard InChI is InChI=1S/C28H25ClF6N2O3/c1-37(26(39)18-13-19(27(30,31)32)15-20(14-18)28(33,34)35)23(12-17-6-8-21(29)9-7-17)10-11-25(38)36-22-4-3-5-24(16-22)40-2/h3-9,13-16,23H,10-12H2,1-2H3,(H,36,38). The van der Waals surface area contributed by atoms with Crippen LogP contribution in [0.15, 0.2) is 66.7 Å². The number of hydrogen-bond donors (Lipinski definition) is 1. The van der Waals surface area contributed by atoms with E-state index in [4.69, 9.17) is 16.3 Å². The molecule has 1 N–H and O–H groups in total. The molecule has 0 spiro atoms. The first-order valence-electron chi connectivity index (χ1n) is 11.9. The summed E-state index contributed by atoms with van der Waals surface area (Å²) >= 11 is 5.94. The van der Waals surface area contributed by atoms with Crippen LogP contribution in [-0.4, -0.2) is 36.9 Å². The highest BCUT2D eigenvalue weighted by Gasteiger charge is 2.38. The zero-order valence-corrected chi connectivity index (χ0v) is 22.1. The molecule has 214 valence electrons. The van der Waals surface area contributed by atoms with E-state index in [1.54, 1.807) is 48.5 Å². The Morgan fingerprint density at radius 1 is 0.925 bits per heavy atom. The Kier molecular flexibility index (Phi) is 9.73. The molecule has 0 aliphatic rings. The number of rotatable bonds is 9. The van der Waals surface area contributed by atoms with Gasteiger partial charge in [0.15, 0.2) is 0 Å². The van der Waals surface area contributed by atoms with E-state index in [0.29, 0.717) is 34.2 Å². The predicted octanol–water partition coefficient (Wildman–Crippen LogP) is 7.49.